The quantitative estimate of drug-likeness (QED) is 0.935. The summed E-state index contributed by atoms with van der Waals surface area (Å²) in [7, 11) is 0. The summed E-state index contributed by atoms with van der Waals surface area (Å²) in [6.45, 7) is 6.70. The van der Waals surface area contributed by atoms with Gasteiger partial charge in [-0.25, -0.2) is 0 Å². The number of hydrogen-bond donors (Lipinski definition) is 1. The number of nitrogens with zero attached hydrogens (tertiary/aromatic N) is 2. The molecule has 24 heavy (non-hydrogen) atoms. The number of aromatic nitrogens is 2. The van der Waals surface area contributed by atoms with E-state index in [1.807, 2.05) is 30.8 Å². The molecule has 0 spiro atoms. The molecule has 2 heterocycles. The predicted molar refractivity (Wildman–Crippen MR) is 90.2 cm³/mol. The van der Waals surface area contributed by atoms with Gasteiger partial charge in [-0.3, -0.25) is 9.48 Å². The summed E-state index contributed by atoms with van der Waals surface area (Å²) in [6.07, 6.45) is 5.06. The van der Waals surface area contributed by atoms with Crippen LogP contribution in [0.2, 0.25) is 0 Å². The third kappa shape index (κ3) is 2.28. The molecule has 1 aromatic carbocycles. The molecular weight excluding hydrogens is 306 g/mol. The van der Waals surface area contributed by atoms with Crippen LogP contribution >= 0.6 is 0 Å². The molecule has 128 valence electrons. The summed E-state index contributed by atoms with van der Waals surface area (Å²) in [5.74, 6) is 0.00258. The minimum absolute atomic E-state index is 0.0254. The molecule has 1 saturated heterocycles. The van der Waals surface area contributed by atoms with Crippen LogP contribution in [0.3, 0.4) is 0 Å². The van der Waals surface area contributed by atoms with Gasteiger partial charge in [0.25, 0.3) is 5.91 Å². The Morgan fingerprint density at radius 1 is 1.42 bits per heavy atom. The highest BCUT2D eigenvalue weighted by molar-refractivity contribution is 6.00. The lowest BCUT2D eigenvalue weighted by atomic mass is 9.99. The molecule has 2 atom stereocenters. The number of fused-ring (bicyclic) bond motifs is 3. The van der Waals surface area contributed by atoms with Gasteiger partial charge < -0.3 is 15.2 Å². The molecule has 1 aliphatic carbocycles. The Balaban J connectivity index is 1.80. The highest BCUT2D eigenvalue weighted by atomic mass is 16.5. The second-order valence-corrected chi connectivity index (χ2v) is 7.65. The molecule has 1 aliphatic heterocycles. The topological polar surface area (TPSA) is 79.4 Å². The fourth-order valence-corrected chi connectivity index (χ4v) is 4.03. The van der Waals surface area contributed by atoms with Crippen LogP contribution in [0.4, 0.5) is 0 Å². The average Bonchev–Trinajstić information content (AvgIpc) is 3.15. The zero-order valence-electron chi connectivity index (χ0n) is 14.3. The standard InChI is InChI=1S/C18H23N3O3/c1-11(2)24-15-7-14-12(6-13(15)16(19)22)8-21(20-14)18-5-4-17(3,9-18)23-10-18/h6-8,11H,4-5,9-10H2,1-3H3,(H2,19,22)/t17-,18-/m0/s1. The van der Waals surface area contributed by atoms with Crippen LogP contribution in [0, 0.1) is 0 Å². The van der Waals surface area contributed by atoms with E-state index in [4.69, 9.17) is 20.3 Å². The third-order valence-corrected chi connectivity index (χ3v) is 5.23. The summed E-state index contributed by atoms with van der Waals surface area (Å²) in [6, 6.07) is 3.59. The minimum atomic E-state index is -0.490. The molecule has 6 nitrogen and oxygen atoms in total. The SMILES string of the molecule is CC(C)Oc1cc2nn([C@@]34CC[C@@](C)(C3)OC4)cc2cc1C(N)=O. The van der Waals surface area contributed by atoms with Gasteiger partial charge in [-0.05, 0) is 39.7 Å². The molecule has 0 radical (unpaired) electrons. The van der Waals surface area contributed by atoms with Crippen molar-refractivity contribution in [3.05, 3.63) is 23.9 Å². The highest BCUT2D eigenvalue weighted by Gasteiger charge is 2.54. The van der Waals surface area contributed by atoms with Crippen molar-refractivity contribution >= 4 is 16.8 Å². The van der Waals surface area contributed by atoms with Crippen molar-refractivity contribution in [2.24, 2.45) is 5.73 Å². The number of nitrogens with two attached hydrogens (primary N) is 1. The van der Waals surface area contributed by atoms with Crippen LogP contribution in [0.1, 0.15) is 50.4 Å². The zero-order chi connectivity index (χ0) is 17.1. The van der Waals surface area contributed by atoms with Gasteiger partial charge in [0.1, 0.15) is 5.75 Å². The normalized spacial score (nSPS) is 28.8. The second-order valence-electron chi connectivity index (χ2n) is 7.65. The van der Waals surface area contributed by atoms with E-state index < -0.39 is 5.91 Å². The summed E-state index contributed by atoms with van der Waals surface area (Å²) in [5, 5.41) is 5.67. The number of ether oxygens (including phenoxy) is 2. The van der Waals surface area contributed by atoms with Crippen LogP contribution in [-0.4, -0.2) is 34.0 Å². The molecule has 0 unspecified atom stereocenters. The molecular formula is C18H23N3O3. The van der Waals surface area contributed by atoms with Crippen molar-refractivity contribution in [3.63, 3.8) is 0 Å². The Labute approximate surface area is 140 Å². The Morgan fingerprint density at radius 2 is 2.21 bits per heavy atom. The van der Waals surface area contributed by atoms with Gasteiger partial charge in [0.2, 0.25) is 0 Å². The number of primary amides is 1. The van der Waals surface area contributed by atoms with E-state index in [1.165, 1.54) is 0 Å². The lowest BCUT2D eigenvalue weighted by molar-refractivity contribution is -0.0149. The lowest BCUT2D eigenvalue weighted by Gasteiger charge is -2.26. The molecule has 1 amide bonds. The van der Waals surface area contributed by atoms with Gasteiger partial charge >= 0.3 is 0 Å². The van der Waals surface area contributed by atoms with Crippen LogP contribution in [0.25, 0.3) is 10.9 Å². The largest absolute Gasteiger partial charge is 0.490 e. The fourth-order valence-electron chi connectivity index (χ4n) is 4.03. The van der Waals surface area contributed by atoms with E-state index in [9.17, 15) is 4.79 Å². The predicted octanol–water partition coefficient (Wildman–Crippen LogP) is 2.59. The van der Waals surface area contributed by atoms with Crippen molar-refractivity contribution < 1.29 is 14.3 Å². The van der Waals surface area contributed by atoms with Gasteiger partial charge in [-0.15, -0.1) is 0 Å². The Kier molecular flexibility index (Phi) is 3.19. The number of carbonyl (C=O) groups excluding carboxylic acids is 1. The summed E-state index contributed by atoms with van der Waals surface area (Å²) in [5.41, 5.74) is 6.63. The number of rotatable bonds is 4. The van der Waals surface area contributed by atoms with Crippen molar-refractivity contribution in [1.82, 2.24) is 9.78 Å². The molecule has 2 N–H and O–H groups in total. The van der Waals surface area contributed by atoms with Crippen LogP contribution < -0.4 is 10.5 Å². The molecule has 2 fully saturated rings. The fraction of sp³-hybridized carbons (Fsp3) is 0.556. The van der Waals surface area contributed by atoms with E-state index in [0.717, 1.165) is 30.2 Å². The Morgan fingerprint density at radius 3 is 2.75 bits per heavy atom. The van der Waals surface area contributed by atoms with Crippen molar-refractivity contribution in [1.29, 1.82) is 0 Å². The second kappa shape index (κ2) is 4.96. The molecule has 1 saturated carbocycles. The maximum atomic E-state index is 11.8. The van der Waals surface area contributed by atoms with Crippen LogP contribution in [0.15, 0.2) is 18.3 Å². The maximum Gasteiger partial charge on any atom is 0.252 e. The molecule has 6 heteroatoms. The molecule has 2 aromatic rings. The highest BCUT2D eigenvalue weighted by Crippen LogP contribution is 2.51. The van der Waals surface area contributed by atoms with Gasteiger partial charge in [0.15, 0.2) is 0 Å². The van der Waals surface area contributed by atoms with Crippen molar-refractivity contribution in [2.75, 3.05) is 6.61 Å². The zero-order valence-corrected chi connectivity index (χ0v) is 14.3. The smallest absolute Gasteiger partial charge is 0.252 e. The minimum Gasteiger partial charge on any atom is -0.490 e. The monoisotopic (exact) mass is 329 g/mol. The van der Waals surface area contributed by atoms with E-state index in [2.05, 4.69) is 6.92 Å². The van der Waals surface area contributed by atoms with E-state index >= 15 is 0 Å². The molecule has 4 rings (SSSR count). The van der Waals surface area contributed by atoms with Crippen molar-refractivity contribution in [2.45, 2.75) is 57.3 Å². The van der Waals surface area contributed by atoms with E-state index in [0.29, 0.717) is 17.9 Å². The number of carbonyl (C=O) groups is 1. The van der Waals surface area contributed by atoms with Gasteiger partial charge in [-0.2, -0.15) is 5.10 Å². The molecule has 2 aliphatic rings. The van der Waals surface area contributed by atoms with Gasteiger partial charge in [0.05, 0.1) is 34.9 Å². The Bertz CT molecular complexity index is 816. The van der Waals surface area contributed by atoms with Gasteiger partial charge in [0, 0.05) is 24.1 Å². The Hall–Kier alpha value is -2.08. The first kappa shape index (κ1) is 15.4. The average molecular weight is 329 g/mol. The number of hydrogen-bond acceptors (Lipinski definition) is 4. The maximum absolute atomic E-state index is 11.8. The van der Waals surface area contributed by atoms with Crippen LogP contribution in [0.5, 0.6) is 5.75 Å². The molecule has 1 aromatic heterocycles. The summed E-state index contributed by atoms with van der Waals surface area (Å²) >= 11 is 0. The first-order chi connectivity index (χ1) is 11.3. The van der Waals surface area contributed by atoms with Gasteiger partial charge in [-0.1, -0.05) is 0 Å². The first-order valence-electron chi connectivity index (χ1n) is 8.45. The first-order valence-corrected chi connectivity index (χ1v) is 8.45. The lowest BCUT2D eigenvalue weighted by Crippen LogP contribution is -2.33. The molecule has 2 bridgehead atoms. The van der Waals surface area contributed by atoms with Crippen LogP contribution in [-0.2, 0) is 10.3 Å². The van der Waals surface area contributed by atoms with E-state index in [1.54, 1.807) is 6.07 Å². The van der Waals surface area contributed by atoms with E-state index in [-0.39, 0.29) is 17.2 Å². The number of benzene rings is 1. The van der Waals surface area contributed by atoms with Crippen molar-refractivity contribution in [3.8, 4) is 5.75 Å². The summed E-state index contributed by atoms with van der Waals surface area (Å²) < 4.78 is 13.7. The number of amides is 1. The summed E-state index contributed by atoms with van der Waals surface area (Å²) in [4.78, 5) is 11.8. The third-order valence-electron chi connectivity index (χ3n) is 5.23.